The number of rotatable bonds is 4. The molecule has 2 N–H and O–H groups in total. The van der Waals surface area contributed by atoms with Gasteiger partial charge < -0.3 is 15.1 Å². The van der Waals surface area contributed by atoms with Crippen LogP contribution in [0.2, 0.25) is 0 Å². The first-order valence-corrected chi connectivity index (χ1v) is 10.5. The molecule has 5 rings (SSSR count). The molecular weight excluding hydrogens is 352 g/mol. The summed E-state index contributed by atoms with van der Waals surface area (Å²) in [6.45, 7) is 2.93. The molecule has 6 nitrogen and oxygen atoms in total. The minimum atomic E-state index is 0.246. The number of phenolic OH excluding ortho intramolecular Hbond substituents is 1. The molecule has 3 aliphatic rings. The number of benzene rings is 1. The topological polar surface area (TPSA) is 72.7 Å². The lowest BCUT2D eigenvalue weighted by Crippen LogP contribution is -2.40. The van der Waals surface area contributed by atoms with Gasteiger partial charge in [-0.05, 0) is 49.3 Å². The highest BCUT2D eigenvalue weighted by Crippen LogP contribution is 2.44. The molecule has 0 saturated carbocycles. The van der Waals surface area contributed by atoms with Crippen LogP contribution in [-0.4, -0.2) is 50.8 Å². The van der Waals surface area contributed by atoms with Crippen LogP contribution in [0.1, 0.15) is 48.5 Å². The number of hydrogen-bond donors (Lipinski definition) is 2. The van der Waals surface area contributed by atoms with Gasteiger partial charge in [0, 0.05) is 56.5 Å². The number of aliphatic hydroxyl groups is 1. The molecule has 3 atom stereocenters. The molecule has 2 bridgehead atoms. The van der Waals surface area contributed by atoms with E-state index < -0.39 is 0 Å². The molecule has 1 aromatic carbocycles. The van der Waals surface area contributed by atoms with Gasteiger partial charge in [0.15, 0.2) is 0 Å². The summed E-state index contributed by atoms with van der Waals surface area (Å²) in [7, 11) is 0. The molecule has 0 radical (unpaired) electrons. The molecule has 1 aromatic heterocycles. The third-order valence-electron chi connectivity index (χ3n) is 6.65. The van der Waals surface area contributed by atoms with Crippen molar-refractivity contribution >= 4 is 5.95 Å². The molecule has 3 aliphatic heterocycles. The molecule has 28 heavy (non-hydrogen) atoms. The summed E-state index contributed by atoms with van der Waals surface area (Å²) >= 11 is 0. The Labute approximate surface area is 165 Å². The molecule has 4 heterocycles. The third kappa shape index (κ3) is 3.25. The van der Waals surface area contributed by atoms with Crippen molar-refractivity contribution in [1.82, 2.24) is 14.9 Å². The van der Waals surface area contributed by atoms with E-state index in [1.54, 1.807) is 6.07 Å². The van der Waals surface area contributed by atoms with Crippen LogP contribution in [-0.2, 0) is 13.0 Å². The SMILES string of the molecule is OCC1CCCN(c2ncc3c(n2)CC2CCC3N2Cc2cccc(O)c2)C1. The van der Waals surface area contributed by atoms with E-state index in [4.69, 9.17) is 9.97 Å². The highest BCUT2D eigenvalue weighted by molar-refractivity contribution is 5.38. The lowest BCUT2D eigenvalue weighted by atomic mass is 9.98. The Bertz CT molecular complexity index is 858. The van der Waals surface area contributed by atoms with Gasteiger partial charge in [0.2, 0.25) is 5.95 Å². The molecular formula is C22H28N4O2. The molecule has 0 aliphatic carbocycles. The normalized spacial score (nSPS) is 27.0. The van der Waals surface area contributed by atoms with E-state index in [9.17, 15) is 10.2 Å². The van der Waals surface area contributed by atoms with E-state index >= 15 is 0 Å². The molecule has 2 saturated heterocycles. The number of piperidine rings is 1. The average Bonchev–Trinajstić information content (AvgIpc) is 2.99. The van der Waals surface area contributed by atoms with E-state index in [1.807, 2.05) is 18.3 Å². The van der Waals surface area contributed by atoms with Crippen molar-refractivity contribution in [3.05, 3.63) is 47.3 Å². The van der Waals surface area contributed by atoms with Gasteiger partial charge in [-0.2, -0.15) is 0 Å². The van der Waals surface area contributed by atoms with Crippen LogP contribution >= 0.6 is 0 Å². The summed E-state index contributed by atoms with van der Waals surface area (Å²) in [6.07, 6.45) is 7.53. The summed E-state index contributed by atoms with van der Waals surface area (Å²) in [5.74, 6) is 1.50. The quantitative estimate of drug-likeness (QED) is 0.850. The fraction of sp³-hybridized carbons (Fsp3) is 0.545. The predicted octanol–water partition coefficient (Wildman–Crippen LogP) is 2.65. The standard InChI is InChI=1S/C22H28N4O2/c27-14-16-4-2-8-25(12-16)22-23-11-19-20(24-22)10-17-6-7-21(19)26(17)13-15-3-1-5-18(28)9-15/h1,3,5,9,11,16-17,21,27-28H,2,4,6-8,10,12-14H2. The number of aromatic nitrogens is 2. The summed E-state index contributed by atoms with van der Waals surface area (Å²) in [5, 5.41) is 19.3. The second kappa shape index (κ2) is 7.33. The number of anilines is 1. The molecule has 0 amide bonds. The Morgan fingerprint density at radius 2 is 2.11 bits per heavy atom. The van der Waals surface area contributed by atoms with Crippen LogP contribution < -0.4 is 4.90 Å². The first-order chi connectivity index (χ1) is 13.7. The molecule has 3 unspecified atom stereocenters. The van der Waals surface area contributed by atoms with Gasteiger partial charge in [-0.3, -0.25) is 4.90 Å². The lowest BCUT2D eigenvalue weighted by molar-refractivity contribution is 0.166. The number of aromatic hydroxyl groups is 1. The largest absolute Gasteiger partial charge is 0.508 e. The van der Waals surface area contributed by atoms with E-state index in [0.717, 1.165) is 56.8 Å². The van der Waals surface area contributed by atoms with E-state index in [0.29, 0.717) is 23.8 Å². The summed E-state index contributed by atoms with van der Waals surface area (Å²) in [5.41, 5.74) is 3.63. The van der Waals surface area contributed by atoms with Crippen molar-refractivity contribution in [3.63, 3.8) is 0 Å². The Morgan fingerprint density at radius 3 is 2.96 bits per heavy atom. The van der Waals surface area contributed by atoms with E-state index in [2.05, 4.69) is 15.9 Å². The fourth-order valence-corrected chi connectivity index (χ4v) is 5.22. The van der Waals surface area contributed by atoms with Crippen molar-refractivity contribution in [3.8, 4) is 5.75 Å². The smallest absolute Gasteiger partial charge is 0.225 e. The van der Waals surface area contributed by atoms with Crippen molar-refractivity contribution in [1.29, 1.82) is 0 Å². The van der Waals surface area contributed by atoms with Crippen LogP contribution in [0, 0.1) is 5.92 Å². The summed E-state index contributed by atoms with van der Waals surface area (Å²) < 4.78 is 0. The minimum absolute atomic E-state index is 0.246. The highest BCUT2D eigenvalue weighted by Gasteiger charge is 2.41. The first-order valence-electron chi connectivity index (χ1n) is 10.5. The maximum absolute atomic E-state index is 9.78. The van der Waals surface area contributed by atoms with Crippen LogP contribution in [0.3, 0.4) is 0 Å². The number of nitrogens with zero attached hydrogens (tertiary/aromatic N) is 4. The average molecular weight is 380 g/mol. The number of fused-ring (bicyclic) bond motifs is 4. The highest BCUT2D eigenvalue weighted by atomic mass is 16.3. The zero-order chi connectivity index (χ0) is 19.1. The summed E-state index contributed by atoms with van der Waals surface area (Å²) in [4.78, 5) is 14.5. The summed E-state index contributed by atoms with van der Waals surface area (Å²) in [6, 6.07) is 8.47. The van der Waals surface area contributed by atoms with Crippen molar-refractivity contribution in [2.24, 2.45) is 5.92 Å². The number of hydrogen-bond acceptors (Lipinski definition) is 6. The molecule has 2 fully saturated rings. The van der Waals surface area contributed by atoms with Gasteiger partial charge in [0.05, 0.1) is 5.69 Å². The van der Waals surface area contributed by atoms with E-state index in [-0.39, 0.29) is 6.61 Å². The second-order valence-electron chi connectivity index (χ2n) is 8.50. The van der Waals surface area contributed by atoms with Crippen LogP contribution in [0.15, 0.2) is 30.5 Å². The zero-order valence-electron chi connectivity index (χ0n) is 16.2. The van der Waals surface area contributed by atoms with Crippen LogP contribution in [0.5, 0.6) is 5.75 Å². The van der Waals surface area contributed by atoms with Gasteiger partial charge in [-0.25, -0.2) is 9.97 Å². The van der Waals surface area contributed by atoms with Crippen LogP contribution in [0.25, 0.3) is 0 Å². The molecule has 148 valence electrons. The second-order valence-corrected chi connectivity index (χ2v) is 8.50. The monoisotopic (exact) mass is 380 g/mol. The Morgan fingerprint density at radius 1 is 1.18 bits per heavy atom. The lowest BCUT2D eigenvalue weighted by Gasteiger charge is -2.37. The van der Waals surface area contributed by atoms with Gasteiger partial charge in [0.25, 0.3) is 0 Å². The van der Waals surface area contributed by atoms with Crippen molar-refractivity contribution < 1.29 is 10.2 Å². The zero-order valence-corrected chi connectivity index (χ0v) is 16.2. The Hall–Kier alpha value is -2.18. The van der Waals surface area contributed by atoms with E-state index in [1.165, 1.54) is 17.7 Å². The molecule has 6 heteroatoms. The van der Waals surface area contributed by atoms with Gasteiger partial charge in [0.1, 0.15) is 5.75 Å². The van der Waals surface area contributed by atoms with Gasteiger partial charge in [-0.15, -0.1) is 0 Å². The van der Waals surface area contributed by atoms with Gasteiger partial charge in [-0.1, -0.05) is 12.1 Å². The molecule has 2 aromatic rings. The maximum atomic E-state index is 9.78. The Balaban J connectivity index is 1.37. The maximum Gasteiger partial charge on any atom is 0.225 e. The third-order valence-corrected chi connectivity index (χ3v) is 6.65. The van der Waals surface area contributed by atoms with Crippen LogP contribution in [0.4, 0.5) is 5.95 Å². The number of aliphatic hydroxyl groups excluding tert-OH is 1. The van der Waals surface area contributed by atoms with Crippen molar-refractivity contribution in [2.75, 3.05) is 24.6 Å². The predicted molar refractivity (Wildman–Crippen MR) is 107 cm³/mol. The molecule has 0 spiro atoms. The number of phenols is 1. The van der Waals surface area contributed by atoms with Gasteiger partial charge >= 0.3 is 0 Å². The first kappa shape index (κ1) is 17.9. The minimum Gasteiger partial charge on any atom is -0.508 e. The fourth-order valence-electron chi connectivity index (χ4n) is 5.22. The Kier molecular flexibility index (Phi) is 4.69. The van der Waals surface area contributed by atoms with Crippen molar-refractivity contribution in [2.45, 2.75) is 50.7 Å².